The Kier molecular flexibility index (Phi) is 51.9. The van der Waals surface area contributed by atoms with Crippen molar-refractivity contribution in [3.8, 4) is 0 Å². The van der Waals surface area contributed by atoms with Crippen molar-refractivity contribution in [2.75, 3.05) is 13.2 Å². The van der Waals surface area contributed by atoms with Crippen LogP contribution in [0.2, 0.25) is 0 Å². The van der Waals surface area contributed by atoms with E-state index in [9.17, 15) is 14.4 Å². The molecule has 0 unspecified atom stereocenters. The molecule has 382 valence electrons. The Labute approximate surface area is 413 Å². The van der Waals surface area contributed by atoms with E-state index in [0.29, 0.717) is 12.8 Å². The van der Waals surface area contributed by atoms with Gasteiger partial charge in [0.25, 0.3) is 0 Å². The van der Waals surface area contributed by atoms with E-state index in [1.54, 1.807) is 0 Å². The van der Waals surface area contributed by atoms with Crippen molar-refractivity contribution >= 4 is 17.9 Å². The number of allylic oxidation sites excluding steroid dienone is 16. The van der Waals surface area contributed by atoms with Gasteiger partial charge in [0.2, 0.25) is 0 Å². The summed E-state index contributed by atoms with van der Waals surface area (Å²) < 4.78 is 16.8. The fourth-order valence-electron chi connectivity index (χ4n) is 7.32. The molecule has 0 aliphatic rings. The Hall–Kier alpha value is -3.67. The van der Waals surface area contributed by atoms with Gasteiger partial charge in [0.1, 0.15) is 13.2 Å². The van der Waals surface area contributed by atoms with Crippen LogP contribution in [0.15, 0.2) is 97.2 Å². The lowest BCUT2D eigenvalue weighted by molar-refractivity contribution is -0.167. The Balaban J connectivity index is 4.54. The normalized spacial score (nSPS) is 12.8. The first-order valence-electron chi connectivity index (χ1n) is 27.7. The summed E-state index contributed by atoms with van der Waals surface area (Å²) in [5.74, 6) is -0.999. The summed E-state index contributed by atoms with van der Waals surface area (Å²) in [5, 5.41) is 0. The monoisotopic (exact) mass is 931 g/mol. The van der Waals surface area contributed by atoms with Crippen molar-refractivity contribution in [1.29, 1.82) is 0 Å². The second-order valence-electron chi connectivity index (χ2n) is 18.1. The van der Waals surface area contributed by atoms with E-state index in [2.05, 4.69) is 118 Å². The van der Waals surface area contributed by atoms with Crippen LogP contribution in [-0.4, -0.2) is 37.2 Å². The molecule has 0 radical (unpaired) electrons. The molecule has 67 heavy (non-hydrogen) atoms. The molecule has 6 heteroatoms. The molecule has 0 aromatic carbocycles. The van der Waals surface area contributed by atoms with Crippen LogP contribution in [0.1, 0.15) is 252 Å². The molecule has 0 amide bonds. The minimum absolute atomic E-state index is 0.111. The fraction of sp³-hybridized carbons (Fsp3) is 0.689. The van der Waals surface area contributed by atoms with E-state index in [-0.39, 0.29) is 44.0 Å². The van der Waals surface area contributed by atoms with Crippen LogP contribution in [-0.2, 0) is 28.6 Å². The maximum absolute atomic E-state index is 12.8. The Bertz CT molecular complexity index is 1350. The van der Waals surface area contributed by atoms with Gasteiger partial charge in [0.05, 0.1) is 0 Å². The van der Waals surface area contributed by atoms with Gasteiger partial charge >= 0.3 is 17.9 Å². The van der Waals surface area contributed by atoms with E-state index >= 15 is 0 Å². The van der Waals surface area contributed by atoms with Crippen molar-refractivity contribution in [3.63, 3.8) is 0 Å². The zero-order valence-corrected chi connectivity index (χ0v) is 43.6. The first-order valence-corrected chi connectivity index (χ1v) is 27.7. The number of ether oxygens (including phenoxy) is 3. The highest BCUT2D eigenvalue weighted by molar-refractivity contribution is 5.71. The third-order valence-corrected chi connectivity index (χ3v) is 11.5. The van der Waals surface area contributed by atoms with Crippen LogP contribution < -0.4 is 0 Å². The van der Waals surface area contributed by atoms with Crippen LogP contribution >= 0.6 is 0 Å². The third kappa shape index (κ3) is 53.2. The summed E-state index contributed by atoms with van der Waals surface area (Å²) >= 11 is 0. The highest BCUT2D eigenvalue weighted by Gasteiger charge is 2.19. The topological polar surface area (TPSA) is 78.9 Å². The minimum atomic E-state index is -0.817. The second kappa shape index (κ2) is 54.9. The molecular formula is C61H102O6. The number of carbonyl (C=O) groups is 3. The molecular weight excluding hydrogens is 829 g/mol. The van der Waals surface area contributed by atoms with Gasteiger partial charge in [-0.25, -0.2) is 0 Å². The number of esters is 3. The van der Waals surface area contributed by atoms with Gasteiger partial charge in [-0.1, -0.05) is 208 Å². The summed E-state index contributed by atoms with van der Waals surface area (Å²) in [5.41, 5.74) is 0. The van der Waals surface area contributed by atoms with Crippen molar-refractivity contribution in [1.82, 2.24) is 0 Å². The summed E-state index contributed by atoms with van der Waals surface area (Å²) in [7, 11) is 0. The molecule has 0 aromatic rings. The SMILES string of the molecule is CCCCC/C=C\C/C=C\C/C=C\CCCCCCC(=O)O[C@@H](COC(=O)CCC/C=C\C/C=C\C/C=C\CCCCCCCC)COC(=O)CCCCCCC/C=C\C/C=C\CCCCC. The van der Waals surface area contributed by atoms with Gasteiger partial charge in [-0.3, -0.25) is 14.4 Å². The summed E-state index contributed by atoms with van der Waals surface area (Å²) in [6, 6.07) is 0. The summed E-state index contributed by atoms with van der Waals surface area (Å²) in [6.07, 6.45) is 72.5. The van der Waals surface area contributed by atoms with Gasteiger partial charge < -0.3 is 14.2 Å². The molecule has 0 aliphatic heterocycles. The maximum Gasteiger partial charge on any atom is 0.306 e. The first kappa shape index (κ1) is 63.3. The molecule has 0 saturated carbocycles. The van der Waals surface area contributed by atoms with Gasteiger partial charge in [-0.2, -0.15) is 0 Å². The Morgan fingerprint density at radius 2 is 0.552 bits per heavy atom. The van der Waals surface area contributed by atoms with E-state index in [1.165, 1.54) is 96.3 Å². The molecule has 0 bridgehead atoms. The van der Waals surface area contributed by atoms with Gasteiger partial charge in [-0.15, -0.1) is 0 Å². The van der Waals surface area contributed by atoms with E-state index < -0.39 is 6.10 Å². The minimum Gasteiger partial charge on any atom is -0.462 e. The summed E-state index contributed by atoms with van der Waals surface area (Å²) in [4.78, 5) is 38.1. The molecule has 0 heterocycles. The largest absolute Gasteiger partial charge is 0.462 e. The van der Waals surface area contributed by atoms with Crippen LogP contribution in [0, 0.1) is 0 Å². The third-order valence-electron chi connectivity index (χ3n) is 11.5. The average molecular weight is 931 g/mol. The van der Waals surface area contributed by atoms with Crippen molar-refractivity contribution in [2.24, 2.45) is 0 Å². The quantitative estimate of drug-likeness (QED) is 0.0262. The predicted octanol–water partition coefficient (Wildman–Crippen LogP) is 18.5. The molecule has 0 spiro atoms. The average Bonchev–Trinajstić information content (AvgIpc) is 3.33. The number of unbranched alkanes of at least 4 members (excludes halogenated alkanes) is 22. The van der Waals surface area contributed by atoms with Gasteiger partial charge in [-0.05, 0) is 122 Å². The number of carbonyl (C=O) groups excluding carboxylic acids is 3. The van der Waals surface area contributed by atoms with E-state index in [4.69, 9.17) is 14.2 Å². The predicted molar refractivity (Wildman–Crippen MR) is 288 cm³/mol. The lowest BCUT2D eigenvalue weighted by Gasteiger charge is -2.18. The molecule has 6 nitrogen and oxygen atoms in total. The highest BCUT2D eigenvalue weighted by Crippen LogP contribution is 2.13. The van der Waals surface area contributed by atoms with Crippen LogP contribution in [0.3, 0.4) is 0 Å². The maximum atomic E-state index is 12.8. The van der Waals surface area contributed by atoms with Crippen LogP contribution in [0.25, 0.3) is 0 Å². The molecule has 0 saturated heterocycles. The standard InChI is InChI=1S/C61H102O6/c1-4-7-10-13-16-19-22-25-28-30-33-36-39-42-45-48-51-54-60(63)66-57-58(56-65-59(62)53-50-47-44-41-38-35-32-27-24-21-18-15-12-9-6-3)67-61(64)55-52-49-46-43-40-37-34-31-29-26-23-20-17-14-11-8-5-2/h17-18,20-21,25-29,32-34,36-37,42,45,58H,4-16,19,22-24,30-31,35,38-41,43-44,46-57H2,1-3H3/b20-17-,21-18-,28-25-,29-26-,32-27-,36-33-,37-34-,45-42-/t58-/m1/s1. The smallest absolute Gasteiger partial charge is 0.306 e. The Morgan fingerprint density at radius 1 is 0.299 bits per heavy atom. The Morgan fingerprint density at radius 3 is 0.925 bits per heavy atom. The highest BCUT2D eigenvalue weighted by atomic mass is 16.6. The van der Waals surface area contributed by atoms with Crippen molar-refractivity contribution < 1.29 is 28.6 Å². The lowest BCUT2D eigenvalue weighted by Crippen LogP contribution is -2.30. The second-order valence-corrected chi connectivity index (χ2v) is 18.1. The summed E-state index contributed by atoms with van der Waals surface area (Å²) in [6.45, 7) is 6.50. The van der Waals surface area contributed by atoms with Crippen molar-refractivity contribution in [3.05, 3.63) is 97.2 Å². The number of hydrogen-bond acceptors (Lipinski definition) is 6. The van der Waals surface area contributed by atoms with Gasteiger partial charge in [0.15, 0.2) is 6.10 Å². The molecule has 0 aliphatic carbocycles. The number of rotatable bonds is 49. The molecule has 1 atom stereocenters. The van der Waals surface area contributed by atoms with Crippen molar-refractivity contribution in [2.45, 2.75) is 258 Å². The molecule has 0 rings (SSSR count). The van der Waals surface area contributed by atoms with Crippen LogP contribution in [0.5, 0.6) is 0 Å². The van der Waals surface area contributed by atoms with Gasteiger partial charge in [0, 0.05) is 19.3 Å². The van der Waals surface area contributed by atoms with Crippen LogP contribution in [0.4, 0.5) is 0 Å². The molecule has 0 fully saturated rings. The number of hydrogen-bond donors (Lipinski definition) is 0. The zero-order valence-electron chi connectivity index (χ0n) is 43.6. The van der Waals surface area contributed by atoms with E-state index in [0.717, 1.165) is 109 Å². The first-order chi connectivity index (χ1) is 33.0. The zero-order chi connectivity index (χ0) is 48.6. The molecule has 0 N–H and O–H groups in total. The molecule has 0 aromatic heterocycles. The fourth-order valence-corrected chi connectivity index (χ4v) is 7.32. The lowest BCUT2D eigenvalue weighted by atomic mass is 10.1. The van der Waals surface area contributed by atoms with E-state index in [1.807, 2.05) is 0 Å².